The van der Waals surface area contributed by atoms with Gasteiger partial charge < -0.3 is 19.6 Å². The zero-order valence-electron chi connectivity index (χ0n) is 19.2. The molecule has 2 aromatic carbocycles. The van der Waals surface area contributed by atoms with Gasteiger partial charge in [0.05, 0.1) is 23.8 Å². The van der Waals surface area contributed by atoms with E-state index in [4.69, 9.17) is 21.1 Å². The number of halogens is 2. The summed E-state index contributed by atoms with van der Waals surface area (Å²) in [4.78, 5) is 24.9. The quantitative estimate of drug-likeness (QED) is 0.491. The number of aromatic nitrogens is 2. The van der Waals surface area contributed by atoms with Crippen LogP contribution in [0.2, 0.25) is 5.02 Å². The Hall–Kier alpha value is -2.85. The lowest BCUT2D eigenvalue weighted by molar-refractivity contribution is -0.124. The molecule has 2 aliphatic heterocycles. The third kappa shape index (κ3) is 5.54. The van der Waals surface area contributed by atoms with Crippen LogP contribution in [0.4, 0.5) is 15.9 Å². The van der Waals surface area contributed by atoms with Crippen LogP contribution in [-0.4, -0.2) is 77.7 Å². The van der Waals surface area contributed by atoms with Crippen LogP contribution in [0.15, 0.2) is 42.7 Å². The van der Waals surface area contributed by atoms with Crippen molar-refractivity contribution in [2.45, 2.75) is 25.1 Å². The third-order valence-electron chi connectivity index (χ3n) is 6.48. The number of piperidine rings is 1. The normalized spacial score (nSPS) is 18.9. The fraction of sp³-hybridized carbons (Fsp3) is 0.400. The maximum absolute atomic E-state index is 13.5. The lowest BCUT2D eigenvalue weighted by Crippen LogP contribution is -2.56. The van der Waals surface area contributed by atoms with E-state index in [1.165, 1.54) is 18.5 Å². The second-order valence-electron chi connectivity index (χ2n) is 8.71. The van der Waals surface area contributed by atoms with Gasteiger partial charge in [-0.1, -0.05) is 11.6 Å². The van der Waals surface area contributed by atoms with Gasteiger partial charge in [-0.05, 0) is 49.2 Å². The number of likely N-dealkylation sites (tertiary alicyclic amines) is 1. The zero-order valence-corrected chi connectivity index (χ0v) is 20.0. The number of morpholine rings is 1. The summed E-state index contributed by atoms with van der Waals surface area (Å²) >= 11 is 5.92. The standard InChI is InChI=1S/C25H27ClFN5O3/c26-21-13-17(1-3-22(21)27)30-25-20-14-19(2-4-23(20)28-16-29-25)35-18-5-7-31(8-6-18)24(15-33)32-9-11-34-12-10-32/h1-4,13-16,18,24H,5-12H2,(H,28,29,30). The minimum absolute atomic E-state index is 0.0363. The summed E-state index contributed by atoms with van der Waals surface area (Å²) in [6.45, 7) is 4.47. The van der Waals surface area contributed by atoms with E-state index in [-0.39, 0.29) is 17.3 Å². The zero-order chi connectivity index (χ0) is 24.2. The summed E-state index contributed by atoms with van der Waals surface area (Å²) < 4.78 is 25.2. The van der Waals surface area contributed by atoms with Gasteiger partial charge in [0.1, 0.15) is 36.0 Å². The van der Waals surface area contributed by atoms with Gasteiger partial charge in [-0.2, -0.15) is 0 Å². The fourth-order valence-electron chi connectivity index (χ4n) is 4.61. The second kappa shape index (κ2) is 10.8. The molecule has 2 fully saturated rings. The molecule has 1 aromatic heterocycles. The van der Waals surface area contributed by atoms with Crippen LogP contribution < -0.4 is 10.1 Å². The third-order valence-corrected chi connectivity index (χ3v) is 6.77. The largest absolute Gasteiger partial charge is 0.490 e. The summed E-state index contributed by atoms with van der Waals surface area (Å²) in [6.07, 6.45) is 4.03. The Labute approximate surface area is 208 Å². The Kier molecular flexibility index (Phi) is 7.38. The van der Waals surface area contributed by atoms with Crippen LogP contribution in [0.3, 0.4) is 0 Å². The highest BCUT2D eigenvalue weighted by molar-refractivity contribution is 6.31. The number of ether oxygens (including phenoxy) is 2. The molecule has 2 saturated heterocycles. The van der Waals surface area contributed by atoms with E-state index >= 15 is 0 Å². The van der Waals surface area contributed by atoms with E-state index < -0.39 is 5.82 Å². The van der Waals surface area contributed by atoms with Crippen molar-refractivity contribution in [3.05, 3.63) is 53.6 Å². The number of carbonyl (C=O) groups is 1. The Morgan fingerprint density at radius 1 is 1.09 bits per heavy atom. The topological polar surface area (TPSA) is 79.8 Å². The number of anilines is 2. The van der Waals surface area contributed by atoms with Crippen molar-refractivity contribution < 1.29 is 18.7 Å². The van der Waals surface area contributed by atoms with Crippen molar-refractivity contribution in [2.75, 3.05) is 44.7 Å². The van der Waals surface area contributed by atoms with E-state index in [1.807, 2.05) is 18.2 Å². The number of hydrogen-bond donors (Lipinski definition) is 1. The molecule has 0 amide bonds. The van der Waals surface area contributed by atoms with Crippen LogP contribution >= 0.6 is 11.6 Å². The molecular weight excluding hydrogens is 473 g/mol. The first-order valence-corrected chi connectivity index (χ1v) is 12.1. The highest BCUT2D eigenvalue weighted by Crippen LogP contribution is 2.30. The molecule has 0 radical (unpaired) electrons. The minimum Gasteiger partial charge on any atom is -0.490 e. The molecule has 0 saturated carbocycles. The van der Waals surface area contributed by atoms with E-state index in [1.54, 1.807) is 6.07 Å². The number of nitrogens with zero attached hydrogens (tertiary/aromatic N) is 4. The average Bonchev–Trinajstić information content (AvgIpc) is 2.89. The van der Waals surface area contributed by atoms with Crippen molar-refractivity contribution in [2.24, 2.45) is 0 Å². The van der Waals surface area contributed by atoms with Crippen molar-refractivity contribution in [3.8, 4) is 5.75 Å². The number of carbonyl (C=O) groups excluding carboxylic acids is 1. The predicted molar refractivity (Wildman–Crippen MR) is 132 cm³/mol. The molecule has 184 valence electrons. The Morgan fingerprint density at radius 3 is 2.60 bits per heavy atom. The number of benzene rings is 2. The van der Waals surface area contributed by atoms with E-state index in [9.17, 15) is 9.18 Å². The van der Waals surface area contributed by atoms with Crippen molar-refractivity contribution in [3.63, 3.8) is 0 Å². The molecule has 0 aliphatic carbocycles. The van der Waals surface area contributed by atoms with Crippen molar-refractivity contribution in [1.82, 2.24) is 19.8 Å². The smallest absolute Gasteiger partial charge is 0.151 e. The molecule has 0 bridgehead atoms. The molecular formula is C25H27ClFN5O3. The Balaban J connectivity index is 1.25. The van der Waals surface area contributed by atoms with Gasteiger partial charge in [-0.25, -0.2) is 14.4 Å². The van der Waals surface area contributed by atoms with Gasteiger partial charge in [-0.3, -0.25) is 9.80 Å². The summed E-state index contributed by atoms with van der Waals surface area (Å²) in [5.74, 6) is 0.833. The SMILES string of the molecule is O=CC(N1CCOCC1)N1CCC(Oc2ccc3ncnc(Nc4ccc(F)c(Cl)c4)c3c2)CC1. The van der Waals surface area contributed by atoms with E-state index in [0.29, 0.717) is 24.7 Å². The molecule has 8 nitrogen and oxygen atoms in total. The first kappa shape index (κ1) is 23.9. The Bertz CT molecular complexity index is 1180. The monoisotopic (exact) mass is 499 g/mol. The molecule has 3 aromatic rings. The van der Waals surface area contributed by atoms with Gasteiger partial charge in [0.15, 0.2) is 6.29 Å². The number of nitrogens with one attached hydrogen (secondary N) is 1. The summed E-state index contributed by atoms with van der Waals surface area (Å²) in [6, 6.07) is 10.1. The molecule has 35 heavy (non-hydrogen) atoms. The first-order valence-electron chi connectivity index (χ1n) is 11.8. The maximum Gasteiger partial charge on any atom is 0.151 e. The molecule has 1 N–H and O–H groups in total. The molecule has 5 rings (SSSR count). The number of aldehydes is 1. The Morgan fingerprint density at radius 2 is 1.86 bits per heavy atom. The van der Waals surface area contributed by atoms with Gasteiger partial charge >= 0.3 is 0 Å². The molecule has 10 heteroatoms. The highest BCUT2D eigenvalue weighted by Gasteiger charge is 2.30. The highest BCUT2D eigenvalue weighted by atomic mass is 35.5. The number of rotatable bonds is 7. The van der Waals surface area contributed by atoms with Gasteiger partial charge in [0.25, 0.3) is 0 Å². The van der Waals surface area contributed by atoms with Crippen molar-refractivity contribution >= 4 is 40.3 Å². The molecule has 1 atom stereocenters. The van der Waals surface area contributed by atoms with Crippen LogP contribution in [0.1, 0.15) is 12.8 Å². The second-order valence-corrected chi connectivity index (χ2v) is 9.11. The summed E-state index contributed by atoms with van der Waals surface area (Å²) in [5, 5.41) is 4.02. The van der Waals surface area contributed by atoms with Gasteiger partial charge in [0.2, 0.25) is 0 Å². The van der Waals surface area contributed by atoms with E-state index in [0.717, 1.165) is 62.0 Å². The first-order chi connectivity index (χ1) is 17.1. The van der Waals surface area contributed by atoms with Crippen LogP contribution in [-0.2, 0) is 9.53 Å². The van der Waals surface area contributed by atoms with Gasteiger partial charge in [-0.15, -0.1) is 0 Å². The maximum atomic E-state index is 13.5. The lowest BCUT2D eigenvalue weighted by Gasteiger charge is -2.41. The minimum atomic E-state index is -0.476. The predicted octanol–water partition coefficient (Wildman–Crippen LogP) is 3.87. The van der Waals surface area contributed by atoms with Crippen LogP contribution in [0.5, 0.6) is 5.75 Å². The number of fused-ring (bicyclic) bond motifs is 1. The molecule has 1 unspecified atom stereocenters. The van der Waals surface area contributed by atoms with Crippen LogP contribution in [0, 0.1) is 5.82 Å². The summed E-state index contributed by atoms with van der Waals surface area (Å²) in [7, 11) is 0. The van der Waals surface area contributed by atoms with E-state index in [2.05, 4.69) is 25.1 Å². The molecule has 3 heterocycles. The van der Waals surface area contributed by atoms with Crippen LogP contribution in [0.25, 0.3) is 10.9 Å². The summed E-state index contributed by atoms with van der Waals surface area (Å²) in [5.41, 5.74) is 1.39. The molecule has 0 spiro atoms. The fourth-order valence-corrected chi connectivity index (χ4v) is 4.80. The molecule has 2 aliphatic rings. The number of hydrogen-bond acceptors (Lipinski definition) is 8. The lowest BCUT2D eigenvalue weighted by atomic mass is 10.1. The van der Waals surface area contributed by atoms with Gasteiger partial charge in [0, 0.05) is 37.3 Å². The average molecular weight is 500 g/mol. The van der Waals surface area contributed by atoms with Crippen molar-refractivity contribution in [1.29, 1.82) is 0 Å².